The Bertz CT molecular complexity index is 1150. The van der Waals surface area contributed by atoms with Crippen LogP contribution in [0.1, 0.15) is 36.4 Å². The standard InChI is InChI=1S/C28H34N4O3/c33-27(34)18-24(23-3-1-5-26(17-23)32-13-15-35-16-14-32)20-31-12-10-21(19-31)6-8-25-9-7-22-4-2-11-29-28(22)30-25/h1-5,7,9,11,17,21,24H,6,8,10,12-16,18-20H2,(H,33,34). The molecule has 5 rings (SSSR count). The van der Waals surface area contributed by atoms with Gasteiger partial charge in [-0.3, -0.25) is 4.79 Å². The number of carbonyl (C=O) groups is 1. The van der Waals surface area contributed by atoms with Crippen molar-refractivity contribution in [3.63, 3.8) is 0 Å². The van der Waals surface area contributed by atoms with E-state index < -0.39 is 5.97 Å². The van der Waals surface area contributed by atoms with Gasteiger partial charge in [0.1, 0.15) is 0 Å². The fourth-order valence-electron chi connectivity index (χ4n) is 5.40. The van der Waals surface area contributed by atoms with E-state index in [-0.39, 0.29) is 12.3 Å². The summed E-state index contributed by atoms with van der Waals surface area (Å²) in [4.78, 5) is 25.6. The van der Waals surface area contributed by atoms with Crippen LogP contribution in [0, 0.1) is 5.92 Å². The van der Waals surface area contributed by atoms with Gasteiger partial charge in [-0.1, -0.05) is 12.1 Å². The van der Waals surface area contributed by atoms with Gasteiger partial charge in [-0.15, -0.1) is 0 Å². The highest BCUT2D eigenvalue weighted by Gasteiger charge is 2.27. The number of aliphatic carboxylic acids is 1. The van der Waals surface area contributed by atoms with Crippen molar-refractivity contribution < 1.29 is 14.6 Å². The highest BCUT2D eigenvalue weighted by Crippen LogP contribution is 2.29. The summed E-state index contributed by atoms with van der Waals surface area (Å²) in [5.41, 5.74) is 4.19. The van der Waals surface area contributed by atoms with Crippen molar-refractivity contribution in [3.05, 3.63) is 66.0 Å². The smallest absolute Gasteiger partial charge is 0.304 e. The molecule has 7 nitrogen and oxygen atoms in total. The third-order valence-corrected chi connectivity index (χ3v) is 7.32. The number of likely N-dealkylation sites (tertiary alicyclic amines) is 1. The first-order valence-electron chi connectivity index (χ1n) is 12.7. The van der Waals surface area contributed by atoms with E-state index in [2.05, 4.69) is 51.2 Å². The Kier molecular flexibility index (Phi) is 7.54. The number of pyridine rings is 2. The molecule has 2 fully saturated rings. The van der Waals surface area contributed by atoms with Crippen molar-refractivity contribution in [1.29, 1.82) is 0 Å². The third kappa shape index (κ3) is 6.16. The Morgan fingerprint density at radius 1 is 1.11 bits per heavy atom. The number of morpholine rings is 1. The molecule has 1 N–H and O–H groups in total. The second-order valence-electron chi connectivity index (χ2n) is 9.79. The summed E-state index contributed by atoms with van der Waals surface area (Å²) in [6.45, 7) is 6.06. The summed E-state index contributed by atoms with van der Waals surface area (Å²) < 4.78 is 5.48. The second-order valence-corrected chi connectivity index (χ2v) is 9.79. The zero-order chi connectivity index (χ0) is 24.0. The number of ether oxygens (including phenoxy) is 1. The van der Waals surface area contributed by atoms with Gasteiger partial charge >= 0.3 is 5.97 Å². The number of aryl methyl sites for hydroxylation is 1. The molecule has 2 aromatic heterocycles. The van der Waals surface area contributed by atoms with E-state index in [4.69, 9.17) is 9.72 Å². The molecule has 0 aliphatic carbocycles. The Hall–Kier alpha value is -3.03. The summed E-state index contributed by atoms with van der Waals surface area (Å²) in [6.07, 6.45) is 5.14. The molecule has 184 valence electrons. The largest absolute Gasteiger partial charge is 0.481 e. The number of carboxylic acids is 1. The van der Waals surface area contributed by atoms with Crippen LogP contribution in [-0.2, 0) is 16.0 Å². The zero-order valence-electron chi connectivity index (χ0n) is 20.2. The van der Waals surface area contributed by atoms with Crippen molar-refractivity contribution in [2.24, 2.45) is 5.92 Å². The van der Waals surface area contributed by atoms with E-state index in [1.54, 1.807) is 6.20 Å². The Labute approximate surface area is 206 Å². The van der Waals surface area contributed by atoms with Crippen LogP contribution in [0.2, 0.25) is 0 Å². The van der Waals surface area contributed by atoms with E-state index >= 15 is 0 Å². The molecule has 1 aromatic carbocycles. The van der Waals surface area contributed by atoms with Crippen molar-refractivity contribution in [2.45, 2.75) is 31.6 Å². The number of hydrogen-bond donors (Lipinski definition) is 1. The number of fused-ring (bicyclic) bond motifs is 1. The Morgan fingerprint density at radius 3 is 2.86 bits per heavy atom. The maximum atomic E-state index is 11.7. The Morgan fingerprint density at radius 2 is 2.00 bits per heavy atom. The van der Waals surface area contributed by atoms with Crippen molar-refractivity contribution in [1.82, 2.24) is 14.9 Å². The van der Waals surface area contributed by atoms with Crippen molar-refractivity contribution >= 4 is 22.7 Å². The van der Waals surface area contributed by atoms with Crippen molar-refractivity contribution in [3.8, 4) is 0 Å². The summed E-state index contributed by atoms with van der Waals surface area (Å²) in [6, 6.07) is 16.7. The average molecular weight is 475 g/mol. The van der Waals surface area contributed by atoms with Gasteiger partial charge in [-0.25, -0.2) is 9.97 Å². The van der Waals surface area contributed by atoms with Gasteiger partial charge in [0.05, 0.1) is 19.6 Å². The minimum Gasteiger partial charge on any atom is -0.481 e. The lowest BCUT2D eigenvalue weighted by atomic mass is 9.94. The molecule has 0 bridgehead atoms. The highest BCUT2D eigenvalue weighted by molar-refractivity contribution is 5.74. The van der Waals surface area contributed by atoms with E-state index in [1.165, 1.54) is 0 Å². The molecule has 2 aliphatic rings. The lowest BCUT2D eigenvalue weighted by Gasteiger charge is -2.30. The normalized spacial score (nSPS) is 19.8. The Balaban J connectivity index is 1.19. The minimum absolute atomic E-state index is 0.0135. The molecule has 35 heavy (non-hydrogen) atoms. The summed E-state index contributed by atoms with van der Waals surface area (Å²) in [5, 5.41) is 10.7. The van der Waals surface area contributed by atoms with Gasteiger partial charge in [0.25, 0.3) is 0 Å². The maximum Gasteiger partial charge on any atom is 0.304 e. The monoisotopic (exact) mass is 474 g/mol. The first kappa shape index (κ1) is 23.7. The van der Waals surface area contributed by atoms with Gasteiger partial charge in [0, 0.05) is 55.1 Å². The van der Waals surface area contributed by atoms with Crippen LogP contribution in [0.5, 0.6) is 0 Å². The van der Waals surface area contributed by atoms with Crippen LogP contribution < -0.4 is 4.90 Å². The molecule has 2 unspecified atom stereocenters. The van der Waals surface area contributed by atoms with Crippen LogP contribution in [0.3, 0.4) is 0 Å². The number of carboxylic acid groups (broad SMARTS) is 1. The fourth-order valence-corrected chi connectivity index (χ4v) is 5.40. The lowest BCUT2D eigenvalue weighted by molar-refractivity contribution is -0.137. The molecule has 2 saturated heterocycles. The van der Waals surface area contributed by atoms with Crippen LogP contribution in [0.4, 0.5) is 5.69 Å². The van der Waals surface area contributed by atoms with Crippen LogP contribution in [0.15, 0.2) is 54.7 Å². The quantitative estimate of drug-likeness (QED) is 0.503. The molecule has 0 radical (unpaired) electrons. The van der Waals surface area contributed by atoms with Gasteiger partial charge in [0.15, 0.2) is 5.65 Å². The maximum absolute atomic E-state index is 11.7. The molecule has 0 saturated carbocycles. The first-order valence-corrected chi connectivity index (χ1v) is 12.7. The molecule has 2 aliphatic heterocycles. The summed E-state index contributed by atoms with van der Waals surface area (Å²) in [5.74, 6) is -0.139. The minimum atomic E-state index is -0.737. The topological polar surface area (TPSA) is 78.8 Å². The summed E-state index contributed by atoms with van der Waals surface area (Å²) >= 11 is 0. The predicted molar refractivity (Wildman–Crippen MR) is 137 cm³/mol. The van der Waals surface area contributed by atoms with Crippen LogP contribution >= 0.6 is 0 Å². The molecule has 0 spiro atoms. The molecule has 7 heteroatoms. The number of hydrogen-bond acceptors (Lipinski definition) is 6. The van der Waals surface area contributed by atoms with E-state index in [0.717, 1.165) is 93.2 Å². The van der Waals surface area contributed by atoms with Gasteiger partial charge in [-0.05, 0) is 73.7 Å². The summed E-state index contributed by atoms with van der Waals surface area (Å²) in [7, 11) is 0. The van der Waals surface area contributed by atoms with Gasteiger partial charge in [-0.2, -0.15) is 0 Å². The molecule has 2 atom stereocenters. The van der Waals surface area contributed by atoms with E-state index in [1.807, 2.05) is 12.1 Å². The average Bonchev–Trinajstić information content (AvgIpc) is 3.34. The second kappa shape index (κ2) is 11.1. The van der Waals surface area contributed by atoms with E-state index in [0.29, 0.717) is 5.92 Å². The fraction of sp³-hybridized carbons (Fsp3) is 0.464. The number of aromatic nitrogens is 2. The number of benzene rings is 1. The van der Waals surface area contributed by atoms with Gasteiger partial charge < -0.3 is 19.6 Å². The predicted octanol–water partition coefficient (Wildman–Crippen LogP) is 3.98. The van der Waals surface area contributed by atoms with E-state index in [9.17, 15) is 9.90 Å². The molecular formula is C28H34N4O3. The third-order valence-electron chi connectivity index (χ3n) is 7.32. The zero-order valence-corrected chi connectivity index (χ0v) is 20.2. The van der Waals surface area contributed by atoms with Crippen molar-refractivity contribution in [2.75, 3.05) is 50.8 Å². The highest BCUT2D eigenvalue weighted by atomic mass is 16.5. The number of anilines is 1. The molecule has 0 amide bonds. The van der Waals surface area contributed by atoms with Crippen LogP contribution in [0.25, 0.3) is 11.0 Å². The SMILES string of the molecule is O=C(O)CC(CN1CCC(CCc2ccc3cccnc3n2)C1)c1cccc(N2CCOCC2)c1. The molecule has 4 heterocycles. The van der Waals surface area contributed by atoms with Gasteiger partial charge in [0.2, 0.25) is 0 Å². The molecular weight excluding hydrogens is 440 g/mol. The van der Waals surface area contributed by atoms with Crippen LogP contribution in [-0.4, -0.2) is 71.9 Å². The number of rotatable bonds is 9. The first-order chi connectivity index (χ1) is 17.1. The lowest BCUT2D eigenvalue weighted by Crippen LogP contribution is -2.36. The molecule has 3 aromatic rings. The number of nitrogens with zero attached hydrogens (tertiary/aromatic N) is 4.